The quantitative estimate of drug-likeness (QED) is 0.857. The maximum absolute atomic E-state index is 10.8. The summed E-state index contributed by atoms with van der Waals surface area (Å²) in [5, 5.41) is 8.90. The van der Waals surface area contributed by atoms with Crippen molar-refractivity contribution in [1.29, 1.82) is 0 Å². The van der Waals surface area contributed by atoms with Crippen LogP contribution in [0.5, 0.6) is 0 Å². The summed E-state index contributed by atoms with van der Waals surface area (Å²) in [7, 11) is 0. The van der Waals surface area contributed by atoms with E-state index < -0.39 is 5.97 Å². The second-order valence-electron chi connectivity index (χ2n) is 4.95. The molecular weight excluding hydrogens is 282 g/mol. The number of nitrogens with zero attached hydrogens (tertiary/aromatic N) is 1. The number of anilines is 2. The number of hydrogen-bond donors (Lipinski definition) is 1. The molecule has 21 heavy (non-hydrogen) atoms. The third kappa shape index (κ3) is 2.81. The number of carbonyl (C=O) groups is 1. The Bertz CT molecular complexity index is 679. The van der Waals surface area contributed by atoms with Crippen molar-refractivity contribution in [3.8, 4) is 0 Å². The van der Waals surface area contributed by atoms with Crippen molar-refractivity contribution in [3.05, 3.63) is 60.2 Å². The van der Waals surface area contributed by atoms with Crippen LogP contribution in [0.2, 0.25) is 0 Å². The summed E-state index contributed by atoms with van der Waals surface area (Å²) >= 11 is 1.75. The van der Waals surface area contributed by atoms with E-state index in [1.165, 1.54) is 15.9 Å². The lowest BCUT2D eigenvalue weighted by molar-refractivity contribution is -0.131. The second-order valence-corrected chi connectivity index (χ2v) is 6.04. The number of para-hydroxylation sites is 2. The van der Waals surface area contributed by atoms with Gasteiger partial charge in [0.05, 0.1) is 11.4 Å². The predicted molar refractivity (Wildman–Crippen MR) is 85.4 cm³/mol. The highest BCUT2D eigenvalue weighted by atomic mass is 32.2. The Hall–Kier alpha value is -2.20. The topological polar surface area (TPSA) is 40.5 Å². The molecule has 0 aliphatic carbocycles. The molecule has 0 fully saturated rings. The van der Waals surface area contributed by atoms with E-state index in [4.69, 9.17) is 5.11 Å². The van der Waals surface area contributed by atoms with Crippen LogP contribution in [0.1, 0.15) is 6.92 Å². The van der Waals surface area contributed by atoms with Crippen molar-refractivity contribution in [2.75, 3.05) is 11.4 Å². The van der Waals surface area contributed by atoms with E-state index in [-0.39, 0.29) is 0 Å². The molecule has 0 unspecified atom stereocenters. The van der Waals surface area contributed by atoms with Gasteiger partial charge in [-0.2, -0.15) is 0 Å². The predicted octanol–water partition coefficient (Wildman–Crippen LogP) is 4.32. The largest absolute Gasteiger partial charge is 0.478 e. The average molecular weight is 297 g/mol. The lowest BCUT2D eigenvalue weighted by Crippen LogP contribution is -2.22. The van der Waals surface area contributed by atoms with Crippen LogP contribution in [0.25, 0.3) is 0 Å². The van der Waals surface area contributed by atoms with E-state index in [1.54, 1.807) is 11.8 Å². The van der Waals surface area contributed by atoms with E-state index in [9.17, 15) is 4.79 Å². The molecule has 0 saturated carbocycles. The Balaban J connectivity index is 2.04. The standard InChI is InChI=1S/C17H15NO2S/c1-12(10-17(19)20)11-18-13-6-2-4-8-15(13)21-16-9-5-3-7-14(16)18/h2-10H,11H2,1H3,(H,19,20). The zero-order valence-corrected chi connectivity index (χ0v) is 12.4. The normalized spacial score (nSPS) is 13.6. The highest BCUT2D eigenvalue weighted by molar-refractivity contribution is 7.99. The van der Waals surface area contributed by atoms with Crippen molar-refractivity contribution < 1.29 is 9.90 Å². The lowest BCUT2D eigenvalue weighted by atomic mass is 10.2. The summed E-state index contributed by atoms with van der Waals surface area (Å²) in [4.78, 5) is 15.4. The highest BCUT2D eigenvalue weighted by Gasteiger charge is 2.22. The van der Waals surface area contributed by atoms with Crippen LogP contribution >= 0.6 is 11.8 Å². The van der Waals surface area contributed by atoms with Gasteiger partial charge < -0.3 is 10.0 Å². The zero-order valence-electron chi connectivity index (χ0n) is 11.6. The molecular formula is C17H15NO2S. The number of carboxylic acid groups (broad SMARTS) is 1. The Morgan fingerprint density at radius 2 is 1.62 bits per heavy atom. The summed E-state index contributed by atoms with van der Waals surface area (Å²) in [5.74, 6) is -0.902. The third-order valence-electron chi connectivity index (χ3n) is 3.31. The third-order valence-corrected chi connectivity index (χ3v) is 4.44. The molecule has 3 nitrogen and oxygen atoms in total. The summed E-state index contributed by atoms with van der Waals surface area (Å²) in [6, 6.07) is 16.4. The Morgan fingerprint density at radius 3 is 2.14 bits per heavy atom. The molecule has 1 N–H and O–H groups in total. The van der Waals surface area contributed by atoms with Crippen molar-refractivity contribution in [1.82, 2.24) is 0 Å². The maximum atomic E-state index is 10.8. The first kappa shape index (κ1) is 13.8. The minimum Gasteiger partial charge on any atom is -0.478 e. The van der Waals surface area contributed by atoms with Gasteiger partial charge in [-0.25, -0.2) is 4.79 Å². The van der Waals surface area contributed by atoms with Crippen molar-refractivity contribution >= 4 is 29.1 Å². The Labute approximate surface area is 127 Å². The van der Waals surface area contributed by atoms with E-state index in [1.807, 2.05) is 31.2 Å². The minimum absolute atomic E-state index is 0.570. The first-order valence-electron chi connectivity index (χ1n) is 6.69. The fourth-order valence-corrected chi connectivity index (χ4v) is 3.55. The first-order chi connectivity index (χ1) is 10.1. The van der Waals surface area contributed by atoms with Gasteiger partial charge in [0.25, 0.3) is 0 Å². The summed E-state index contributed by atoms with van der Waals surface area (Å²) in [5.41, 5.74) is 3.07. The van der Waals surface area contributed by atoms with Gasteiger partial charge in [0.15, 0.2) is 0 Å². The monoisotopic (exact) mass is 297 g/mol. The number of rotatable bonds is 3. The van der Waals surface area contributed by atoms with Crippen LogP contribution in [0.15, 0.2) is 70.0 Å². The van der Waals surface area contributed by atoms with Gasteiger partial charge in [-0.3, -0.25) is 0 Å². The number of benzene rings is 2. The Kier molecular flexibility index (Phi) is 3.71. The second kappa shape index (κ2) is 5.66. The highest BCUT2D eigenvalue weighted by Crippen LogP contribution is 2.47. The molecule has 0 amide bonds. The fourth-order valence-electron chi connectivity index (χ4n) is 2.46. The van der Waals surface area contributed by atoms with Crippen molar-refractivity contribution in [2.24, 2.45) is 0 Å². The van der Waals surface area contributed by atoms with Gasteiger partial charge >= 0.3 is 5.97 Å². The molecule has 4 heteroatoms. The number of fused-ring (bicyclic) bond motifs is 2. The average Bonchev–Trinajstić information content (AvgIpc) is 2.46. The lowest BCUT2D eigenvalue weighted by Gasteiger charge is -2.32. The van der Waals surface area contributed by atoms with E-state index >= 15 is 0 Å². The summed E-state index contributed by atoms with van der Waals surface area (Å²) < 4.78 is 0. The maximum Gasteiger partial charge on any atom is 0.328 e. The van der Waals surface area contributed by atoms with Crippen LogP contribution in [0.3, 0.4) is 0 Å². The molecule has 0 radical (unpaired) electrons. The van der Waals surface area contributed by atoms with Gasteiger partial charge in [0.1, 0.15) is 0 Å². The molecule has 0 atom stereocenters. The fraction of sp³-hybridized carbons (Fsp3) is 0.118. The van der Waals surface area contributed by atoms with E-state index in [0.29, 0.717) is 6.54 Å². The van der Waals surface area contributed by atoms with E-state index in [2.05, 4.69) is 29.2 Å². The molecule has 0 spiro atoms. The Morgan fingerprint density at radius 1 is 1.10 bits per heavy atom. The van der Waals surface area contributed by atoms with Gasteiger partial charge in [-0.15, -0.1) is 0 Å². The molecule has 0 saturated heterocycles. The smallest absolute Gasteiger partial charge is 0.328 e. The first-order valence-corrected chi connectivity index (χ1v) is 7.50. The van der Waals surface area contributed by atoms with Gasteiger partial charge in [-0.1, -0.05) is 36.0 Å². The van der Waals surface area contributed by atoms with Crippen molar-refractivity contribution in [3.63, 3.8) is 0 Å². The minimum atomic E-state index is -0.902. The SMILES string of the molecule is CC(=CC(=O)O)CN1c2ccccc2Sc2ccccc21. The van der Waals surface area contributed by atoms with Gasteiger partial charge in [0.2, 0.25) is 0 Å². The van der Waals surface area contributed by atoms with Crippen LogP contribution in [0, 0.1) is 0 Å². The van der Waals surface area contributed by atoms with Gasteiger partial charge in [-0.05, 0) is 36.8 Å². The molecule has 1 aliphatic heterocycles. The molecule has 2 aromatic carbocycles. The summed E-state index contributed by atoms with van der Waals surface area (Å²) in [6.45, 7) is 2.42. The molecule has 1 aliphatic rings. The van der Waals surface area contributed by atoms with Crippen LogP contribution < -0.4 is 4.90 Å². The molecule has 106 valence electrons. The molecule has 1 heterocycles. The molecule has 3 rings (SSSR count). The molecule has 0 bridgehead atoms. The zero-order chi connectivity index (χ0) is 14.8. The molecule has 2 aromatic rings. The van der Waals surface area contributed by atoms with Crippen LogP contribution in [-0.2, 0) is 4.79 Å². The number of carboxylic acids is 1. The number of hydrogen-bond acceptors (Lipinski definition) is 3. The summed E-state index contributed by atoms with van der Waals surface area (Å²) in [6.07, 6.45) is 1.27. The molecule has 0 aromatic heterocycles. The van der Waals surface area contributed by atoms with Crippen molar-refractivity contribution in [2.45, 2.75) is 16.7 Å². The van der Waals surface area contributed by atoms with E-state index in [0.717, 1.165) is 16.9 Å². The number of aliphatic carboxylic acids is 1. The van der Waals surface area contributed by atoms with Crippen LogP contribution in [0.4, 0.5) is 11.4 Å². The van der Waals surface area contributed by atoms with Crippen LogP contribution in [-0.4, -0.2) is 17.6 Å². The van der Waals surface area contributed by atoms with Gasteiger partial charge in [0, 0.05) is 22.4 Å².